The summed E-state index contributed by atoms with van der Waals surface area (Å²) in [4.78, 5) is 1.52. The molecule has 3 saturated heterocycles. The van der Waals surface area contributed by atoms with Crippen LogP contribution >= 0.6 is 0 Å². The molecule has 3 rings (SSSR count). The molecule has 0 radical (unpaired) electrons. The van der Waals surface area contributed by atoms with Crippen LogP contribution < -0.4 is 0 Å². The second-order valence-electron chi connectivity index (χ2n) is 6.78. The molecule has 8 N–H and O–H groups in total. The highest BCUT2D eigenvalue weighted by Crippen LogP contribution is 2.36. The van der Waals surface area contributed by atoms with Crippen molar-refractivity contribution in [1.29, 1.82) is 0 Å². The molecule has 0 saturated carbocycles. The Bertz CT molecular complexity index is 467. The van der Waals surface area contributed by atoms with E-state index in [0.29, 0.717) is 0 Å². The zero-order valence-corrected chi connectivity index (χ0v) is 13.3. The maximum absolute atomic E-state index is 10.4. The summed E-state index contributed by atoms with van der Waals surface area (Å²) in [6.45, 7) is -0.987. The third-order valence-electron chi connectivity index (χ3n) is 5.37. The van der Waals surface area contributed by atoms with E-state index in [4.69, 9.17) is 9.47 Å². The standard InChI is InChI=1S/C14H25NO10/c16-2-4-8(18)11(21)7-9(19)5(1-15(4)7)24-14-13(23)12(22)10(20)6(3-17)25-14/h4-14,16-23H,1-3H2/t4-,5+,6-,7-,8-,9+,10-,11-,12+,13-,14?/m1/s1. The van der Waals surface area contributed by atoms with Gasteiger partial charge in [-0.25, -0.2) is 0 Å². The first kappa shape index (κ1) is 19.3. The van der Waals surface area contributed by atoms with Crippen LogP contribution in [0, 0.1) is 0 Å². The summed E-state index contributed by atoms with van der Waals surface area (Å²) in [6, 6.07) is -1.62. The van der Waals surface area contributed by atoms with Gasteiger partial charge >= 0.3 is 0 Å². The Hall–Kier alpha value is -0.440. The third kappa shape index (κ3) is 3.09. The zero-order chi connectivity index (χ0) is 18.5. The number of aliphatic hydroxyl groups is 8. The van der Waals surface area contributed by atoms with Crippen molar-refractivity contribution < 1.29 is 50.3 Å². The van der Waals surface area contributed by atoms with Crippen molar-refractivity contribution in [3.05, 3.63) is 0 Å². The topological polar surface area (TPSA) is 184 Å². The van der Waals surface area contributed by atoms with Crippen LogP contribution in [0.25, 0.3) is 0 Å². The number of rotatable bonds is 4. The first-order chi connectivity index (χ1) is 11.8. The smallest absolute Gasteiger partial charge is 0.187 e. The maximum atomic E-state index is 10.4. The van der Waals surface area contributed by atoms with Crippen LogP contribution in [0.15, 0.2) is 0 Å². The molecule has 0 aromatic carbocycles. The van der Waals surface area contributed by atoms with Gasteiger partial charge in [-0.2, -0.15) is 0 Å². The lowest BCUT2D eigenvalue weighted by atomic mass is 9.99. The van der Waals surface area contributed by atoms with E-state index in [0.717, 1.165) is 0 Å². The first-order valence-electron chi connectivity index (χ1n) is 8.18. The van der Waals surface area contributed by atoms with E-state index in [1.807, 2.05) is 0 Å². The minimum Gasteiger partial charge on any atom is -0.395 e. The molecule has 3 heterocycles. The number of nitrogens with zero attached hydrogens (tertiary/aromatic N) is 1. The summed E-state index contributed by atoms with van der Waals surface area (Å²) >= 11 is 0. The highest BCUT2D eigenvalue weighted by molar-refractivity contribution is 5.10. The fourth-order valence-electron chi connectivity index (χ4n) is 3.92. The molecule has 1 unspecified atom stereocenters. The van der Waals surface area contributed by atoms with Gasteiger partial charge in [0.1, 0.15) is 30.5 Å². The molecular weight excluding hydrogens is 342 g/mol. The Labute approximate surface area is 143 Å². The van der Waals surface area contributed by atoms with Crippen molar-refractivity contribution in [3.8, 4) is 0 Å². The predicted octanol–water partition coefficient (Wildman–Crippen LogP) is -5.69. The molecule has 3 aliphatic rings. The zero-order valence-electron chi connectivity index (χ0n) is 13.3. The fraction of sp³-hybridized carbons (Fsp3) is 1.00. The predicted molar refractivity (Wildman–Crippen MR) is 78.0 cm³/mol. The van der Waals surface area contributed by atoms with Gasteiger partial charge < -0.3 is 50.3 Å². The Morgan fingerprint density at radius 2 is 1.48 bits per heavy atom. The number of aliphatic hydroxyl groups excluding tert-OH is 8. The summed E-state index contributed by atoms with van der Waals surface area (Å²) in [5.74, 6) is 0. The average molecular weight is 367 g/mol. The molecule has 25 heavy (non-hydrogen) atoms. The molecule has 11 nitrogen and oxygen atoms in total. The summed E-state index contributed by atoms with van der Waals surface area (Å²) in [5.41, 5.74) is 0. The van der Waals surface area contributed by atoms with Gasteiger partial charge in [0.2, 0.25) is 0 Å². The van der Waals surface area contributed by atoms with Crippen LogP contribution in [0.4, 0.5) is 0 Å². The second kappa shape index (κ2) is 7.29. The summed E-state index contributed by atoms with van der Waals surface area (Å²) in [5, 5.41) is 78.5. The molecule has 11 atom stereocenters. The Balaban J connectivity index is 1.70. The van der Waals surface area contributed by atoms with Crippen LogP contribution in [0.5, 0.6) is 0 Å². The molecule has 0 spiro atoms. The van der Waals surface area contributed by atoms with Crippen molar-refractivity contribution in [2.75, 3.05) is 19.8 Å². The van der Waals surface area contributed by atoms with Crippen molar-refractivity contribution in [2.45, 2.75) is 67.2 Å². The molecule has 11 heteroatoms. The summed E-state index contributed by atoms with van der Waals surface area (Å²) in [7, 11) is 0. The van der Waals surface area contributed by atoms with Crippen molar-refractivity contribution in [1.82, 2.24) is 4.90 Å². The molecule has 0 aromatic rings. The van der Waals surface area contributed by atoms with Crippen molar-refractivity contribution in [3.63, 3.8) is 0 Å². The first-order valence-corrected chi connectivity index (χ1v) is 8.18. The van der Waals surface area contributed by atoms with E-state index in [1.54, 1.807) is 0 Å². The van der Waals surface area contributed by atoms with E-state index in [-0.39, 0.29) is 6.54 Å². The van der Waals surface area contributed by atoms with E-state index in [1.165, 1.54) is 4.90 Å². The normalized spacial score (nSPS) is 54.0. The number of ether oxygens (including phenoxy) is 2. The number of fused-ring (bicyclic) bond motifs is 1. The average Bonchev–Trinajstić information content (AvgIpc) is 3.03. The molecule has 0 bridgehead atoms. The second-order valence-corrected chi connectivity index (χ2v) is 6.78. The van der Waals surface area contributed by atoms with Crippen LogP contribution in [0.3, 0.4) is 0 Å². The summed E-state index contributed by atoms with van der Waals surface area (Å²) in [6.07, 6.45) is -12.0. The van der Waals surface area contributed by atoms with E-state index in [2.05, 4.69) is 0 Å². The van der Waals surface area contributed by atoms with Gasteiger partial charge in [-0.05, 0) is 0 Å². The minimum atomic E-state index is -1.61. The van der Waals surface area contributed by atoms with Crippen molar-refractivity contribution in [2.24, 2.45) is 0 Å². The van der Waals surface area contributed by atoms with Crippen LogP contribution in [0.2, 0.25) is 0 Å². The van der Waals surface area contributed by atoms with E-state index < -0.39 is 80.4 Å². The van der Waals surface area contributed by atoms with Gasteiger partial charge in [-0.3, -0.25) is 4.90 Å². The lowest BCUT2D eigenvalue weighted by Gasteiger charge is -2.40. The number of hydrogen-bond acceptors (Lipinski definition) is 11. The maximum Gasteiger partial charge on any atom is 0.187 e. The Morgan fingerprint density at radius 3 is 2.08 bits per heavy atom. The molecule has 0 amide bonds. The van der Waals surface area contributed by atoms with Gasteiger partial charge in [0.25, 0.3) is 0 Å². The lowest BCUT2D eigenvalue weighted by Crippen LogP contribution is -2.60. The quantitative estimate of drug-likeness (QED) is 0.237. The summed E-state index contributed by atoms with van der Waals surface area (Å²) < 4.78 is 10.8. The molecule has 3 aliphatic heterocycles. The third-order valence-corrected chi connectivity index (χ3v) is 5.37. The molecule has 0 aliphatic carbocycles. The van der Waals surface area contributed by atoms with Gasteiger partial charge in [-0.15, -0.1) is 0 Å². The largest absolute Gasteiger partial charge is 0.395 e. The minimum absolute atomic E-state index is 0.0419. The van der Waals surface area contributed by atoms with Crippen LogP contribution in [0.1, 0.15) is 0 Å². The Kier molecular flexibility index (Phi) is 5.63. The highest BCUT2D eigenvalue weighted by atomic mass is 16.7. The highest BCUT2D eigenvalue weighted by Gasteiger charge is 2.58. The monoisotopic (exact) mass is 367 g/mol. The number of hydrogen-bond donors (Lipinski definition) is 8. The molecular formula is C14H25NO10. The molecule has 3 fully saturated rings. The van der Waals surface area contributed by atoms with Gasteiger partial charge in [0, 0.05) is 6.54 Å². The van der Waals surface area contributed by atoms with Gasteiger partial charge in [-0.1, -0.05) is 0 Å². The lowest BCUT2D eigenvalue weighted by molar-refractivity contribution is -0.314. The SMILES string of the molecule is OC[C@@H]1[C@@H](O)[C@H](O)[C@H]2[C@@H](O)[C@@H](OC3O[C@H](CO)[C@@H](O)[C@H](O)[C@H]3O)CN21. The molecule has 146 valence electrons. The van der Waals surface area contributed by atoms with Gasteiger partial charge in [0.15, 0.2) is 6.29 Å². The van der Waals surface area contributed by atoms with Crippen LogP contribution in [-0.2, 0) is 9.47 Å². The van der Waals surface area contributed by atoms with E-state index in [9.17, 15) is 40.9 Å². The molecule has 0 aromatic heterocycles. The fourth-order valence-corrected chi connectivity index (χ4v) is 3.92. The van der Waals surface area contributed by atoms with Crippen molar-refractivity contribution >= 4 is 0 Å². The van der Waals surface area contributed by atoms with E-state index >= 15 is 0 Å². The van der Waals surface area contributed by atoms with Gasteiger partial charge in [0.05, 0.1) is 43.6 Å². The Morgan fingerprint density at radius 1 is 0.800 bits per heavy atom. The van der Waals surface area contributed by atoms with Crippen LogP contribution in [-0.4, -0.2) is 133 Å².